The molecule has 27 heavy (non-hydrogen) atoms. The molecule has 2 N–H and O–H groups in total. The number of benzene rings is 2. The normalized spacial score (nSPS) is 11.1. The van der Waals surface area contributed by atoms with Crippen molar-refractivity contribution in [2.24, 2.45) is 0 Å². The maximum Gasteiger partial charge on any atom is 0.303 e. The van der Waals surface area contributed by atoms with Crippen LogP contribution in [0.4, 0.5) is 5.69 Å². The lowest BCUT2D eigenvalue weighted by molar-refractivity contribution is -0.137. The molecule has 2 aromatic rings. The Hall–Kier alpha value is -2.67. The quantitative estimate of drug-likeness (QED) is 0.686. The third-order valence-corrected chi connectivity index (χ3v) is 5.89. The van der Waals surface area contributed by atoms with Crippen molar-refractivity contribution < 1.29 is 23.1 Å². The molecule has 0 heterocycles. The van der Waals surface area contributed by atoms with E-state index in [1.165, 1.54) is 0 Å². The molecule has 2 rings (SSSR count). The standard InChI is InChI=1S/C20H23NO5S/c1-2-27(25,26)18-10-6-15(7-11-18)8-12-19(22)21-17-5-3-4-16(14-17)9-13-20(23)24/h3-7,10-11,14H,2,8-9,12-13H2,1H3,(H,21,22)(H,23,24). The Morgan fingerprint density at radius 2 is 1.63 bits per heavy atom. The summed E-state index contributed by atoms with van der Waals surface area (Å²) < 4.78 is 23.6. The number of anilines is 1. The average molecular weight is 389 g/mol. The van der Waals surface area contributed by atoms with Gasteiger partial charge in [-0.25, -0.2) is 8.42 Å². The van der Waals surface area contributed by atoms with Gasteiger partial charge in [0.15, 0.2) is 9.84 Å². The minimum Gasteiger partial charge on any atom is -0.481 e. The van der Waals surface area contributed by atoms with Gasteiger partial charge in [0.2, 0.25) is 5.91 Å². The summed E-state index contributed by atoms with van der Waals surface area (Å²) in [7, 11) is -3.22. The molecule has 6 nitrogen and oxygen atoms in total. The molecule has 0 saturated heterocycles. The Labute approximate surface area is 159 Å². The Bertz CT molecular complexity index is 904. The SMILES string of the molecule is CCS(=O)(=O)c1ccc(CCC(=O)Nc2cccc(CCC(=O)O)c2)cc1. The van der Waals surface area contributed by atoms with Gasteiger partial charge in [-0.2, -0.15) is 0 Å². The molecular weight excluding hydrogens is 366 g/mol. The second-order valence-electron chi connectivity index (χ2n) is 6.19. The largest absolute Gasteiger partial charge is 0.481 e. The maximum atomic E-state index is 12.1. The number of hydrogen-bond acceptors (Lipinski definition) is 4. The summed E-state index contributed by atoms with van der Waals surface area (Å²) in [6.45, 7) is 1.60. The van der Waals surface area contributed by atoms with E-state index in [-0.39, 0.29) is 29.4 Å². The van der Waals surface area contributed by atoms with Crippen molar-refractivity contribution in [3.05, 3.63) is 59.7 Å². The zero-order chi connectivity index (χ0) is 19.9. The van der Waals surface area contributed by atoms with Crippen LogP contribution in [0.3, 0.4) is 0 Å². The topological polar surface area (TPSA) is 101 Å². The first-order valence-corrected chi connectivity index (χ1v) is 10.4. The van der Waals surface area contributed by atoms with Crippen LogP contribution in [0.25, 0.3) is 0 Å². The van der Waals surface area contributed by atoms with Crippen molar-refractivity contribution in [2.75, 3.05) is 11.1 Å². The lowest BCUT2D eigenvalue weighted by atomic mass is 10.1. The summed E-state index contributed by atoms with van der Waals surface area (Å²) in [6.07, 6.45) is 1.21. The number of aryl methyl sites for hydroxylation is 2. The second kappa shape index (κ2) is 9.32. The molecule has 0 bridgehead atoms. The van der Waals surface area contributed by atoms with Gasteiger partial charge in [-0.05, 0) is 48.2 Å². The lowest BCUT2D eigenvalue weighted by Gasteiger charge is -2.08. The molecule has 0 fully saturated rings. The van der Waals surface area contributed by atoms with E-state index in [9.17, 15) is 18.0 Å². The number of carbonyl (C=O) groups excluding carboxylic acids is 1. The molecular formula is C20H23NO5S. The van der Waals surface area contributed by atoms with Gasteiger partial charge < -0.3 is 10.4 Å². The summed E-state index contributed by atoms with van der Waals surface area (Å²) in [5, 5.41) is 11.5. The van der Waals surface area contributed by atoms with E-state index in [0.29, 0.717) is 18.5 Å². The monoisotopic (exact) mass is 389 g/mol. The number of sulfone groups is 1. The molecule has 7 heteroatoms. The van der Waals surface area contributed by atoms with Crippen LogP contribution in [-0.4, -0.2) is 31.2 Å². The zero-order valence-corrected chi connectivity index (χ0v) is 16.0. The van der Waals surface area contributed by atoms with Gasteiger partial charge in [0, 0.05) is 18.5 Å². The predicted molar refractivity (Wildman–Crippen MR) is 104 cm³/mol. The van der Waals surface area contributed by atoms with E-state index >= 15 is 0 Å². The van der Waals surface area contributed by atoms with E-state index in [1.54, 1.807) is 49.4 Å². The predicted octanol–water partition coefficient (Wildman–Crippen LogP) is 3.07. The number of nitrogens with one attached hydrogen (secondary N) is 1. The van der Waals surface area contributed by atoms with Crippen molar-refractivity contribution in [1.82, 2.24) is 0 Å². The fourth-order valence-electron chi connectivity index (χ4n) is 2.57. The fraction of sp³-hybridized carbons (Fsp3) is 0.300. The van der Waals surface area contributed by atoms with Gasteiger partial charge in [-0.15, -0.1) is 0 Å². The molecule has 0 aliphatic rings. The molecule has 144 valence electrons. The number of carbonyl (C=O) groups is 2. The fourth-order valence-corrected chi connectivity index (χ4v) is 3.45. The highest BCUT2D eigenvalue weighted by molar-refractivity contribution is 7.91. The molecule has 0 radical (unpaired) electrons. The van der Waals surface area contributed by atoms with E-state index < -0.39 is 15.8 Å². The Morgan fingerprint density at radius 1 is 0.963 bits per heavy atom. The van der Waals surface area contributed by atoms with Gasteiger partial charge in [-0.1, -0.05) is 31.2 Å². The Balaban J connectivity index is 1.89. The highest BCUT2D eigenvalue weighted by atomic mass is 32.2. The molecule has 0 aliphatic carbocycles. The molecule has 0 unspecified atom stereocenters. The first-order chi connectivity index (χ1) is 12.8. The van der Waals surface area contributed by atoms with Crippen LogP contribution < -0.4 is 5.32 Å². The summed E-state index contributed by atoms with van der Waals surface area (Å²) in [4.78, 5) is 23.1. The van der Waals surface area contributed by atoms with Crippen molar-refractivity contribution in [3.8, 4) is 0 Å². The zero-order valence-electron chi connectivity index (χ0n) is 15.1. The molecule has 0 spiro atoms. The van der Waals surface area contributed by atoms with E-state index in [1.807, 2.05) is 6.07 Å². The first kappa shape index (κ1) is 20.6. The third-order valence-electron chi connectivity index (χ3n) is 4.14. The average Bonchev–Trinajstić information content (AvgIpc) is 2.65. The number of aliphatic carboxylic acids is 1. The van der Waals surface area contributed by atoms with Gasteiger partial charge in [0.05, 0.1) is 10.6 Å². The Kier molecular flexibility index (Phi) is 7.12. The van der Waals surface area contributed by atoms with Crippen LogP contribution in [0, 0.1) is 0 Å². The van der Waals surface area contributed by atoms with Gasteiger partial charge >= 0.3 is 5.97 Å². The number of carboxylic acids is 1. The van der Waals surface area contributed by atoms with Gasteiger partial charge in [0.25, 0.3) is 0 Å². The maximum absolute atomic E-state index is 12.1. The van der Waals surface area contributed by atoms with Crippen LogP contribution in [-0.2, 0) is 32.3 Å². The molecule has 0 saturated carbocycles. The first-order valence-electron chi connectivity index (χ1n) is 8.72. The Morgan fingerprint density at radius 3 is 2.26 bits per heavy atom. The third kappa shape index (κ3) is 6.53. The molecule has 0 aromatic heterocycles. The van der Waals surface area contributed by atoms with Crippen LogP contribution in [0.5, 0.6) is 0 Å². The van der Waals surface area contributed by atoms with Crippen molar-refractivity contribution >= 4 is 27.4 Å². The summed E-state index contributed by atoms with van der Waals surface area (Å²) in [6, 6.07) is 13.7. The second-order valence-corrected chi connectivity index (χ2v) is 8.47. The van der Waals surface area contributed by atoms with Gasteiger partial charge in [0.1, 0.15) is 0 Å². The number of amides is 1. The molecule has 0 atom stereocenters. The van der Waals surface area contributed by atoms with E-state index in [0.717, 1.165) is 11.1 Å². The smallest absolute Gasteiger partial charge is 0.303 e. The number of hydrogen-bond donors (Lipinski definition) is 2. The van der Waals surface area contributed by atoms with Crippen LogP contribution in [0.2, 0.25) is 0 Å². The molecule has 1 amide bonds. The minimum atomic E-state index is -3.22. The van der Waals surface area contributed by atoms with Crippen LogP contribution >= 0.6 is 0 Å². The number of carboxylic acid groups (broad SMARTS) is 1. The van der Waals surface area contributed by atoms with Crippen LogP contribution in [0.15, 0.2) is 53.4 Å². The molecule has 2 aromatic carbocycles. The van der Waals surface area contributed by atoms with E-state index in [2.05, 4.69) is 5.32 Å². The molecule has 0 aliphatic heterocycles. The summed E-state index contributed by atoms with van der Waals surface area (Å²) in [5.41, 5.74) is 2.37. The summed E-state index contributed by atoms with van der Waals surface area (Å²) >= 11 is 0. The van der Waals surface area contributed by atoms with Crippen LogP contribution in [0.1, 0.15) is 30.9 Å². The van der Waals surface area contributed by atoms with Crippen molar-refractivity contribution in [2.45, 2.75) is 37.5 Å². The number of rotatable bonds is 9. The van der Waals surface area contributed by atoms with Gasteiger partial charge in [-0.3, -0.25) is 9.59 Å². The van der Waals surface area contributed by atoms with Crippen molar-refractivity contribution in [1.29, 1.82) is 0 Å². The van der Waals surface area contributed by atoms with Crippen molar-refractivity contribution in [3.63, 3.8) is 0 Å². The highest BCUT2D eigenvalue weighted by Crippen LogP contribution is 2.15. The highest BCUT2D eigenvalue weighted by Gasteiger charge is 2.11. The minimum absolute atomic E-state index is 0.0428. The summed E-state index contributed by atoms with van der Waals surface area (Å²) in [5.74, 6) is -0.960. The van der Waals surface area contributed by atoms with E-state index in [4.69, 9.17) is 5.11 Å². The lowest BCUT2D eigenvalue weighted by Crippen LogP contribution is -2.12.